The summed E-state index contributed by atoms with van der Waals surface area (Å²) in [7, 11) is 1.62. The first-order valence-corrected chi connectivity index (χ1v) is 7.31. The zero-order valence-corrected chi connectivity index (χ0v) is 12.5. The molecule has 0 radical (unpaired) electrons. The average Bonchev–Trinajstić information content (AvgIpc) is 2.90. The molecule has 0 aliphatic carbocycles. The van der Waals surface area contributed by atoms with Crippen LogP contribution >= 0.6 is 0 Å². The number of amides is 1. The van der Waals surface area contributed by atoms with Crippen molar-refractivity contribution in [2.24, 2.45) is 0 Å². The molecule has 0 unspecified atom stereocenters. The standard InChI is InChI=1S/C16H19FN2O3/c1-21-10-13-9-19(4-5-22-13)16(20)6-11-8-18-15-7-12(17)2-3-14(11)15/h2-3,7-8,13,18H,4-6,9-10H2,1H3/t13-/m1/s1. The summed E-state index contributed by atoms with van der Waals surface area (Å²) in [5.41, 5.74) is 1.59. The lowest BCUT2D eigenvalue weighted by Crippen LogP contribution is -2.47. The van der Waals surface area contributed by atoms with Gasteiger partial charge in [0.25, 0.3) is 0 Å². The van der Waals surface area contributed by atoms with Gasteiger partial charge in [-0.05, 0) is 23.8 Å². The Bertz CT molecular complexity index is 668. The van der Waals surface area contributed by atoms with Crippen LogP contribution in [-0.4, -0.2) is 55.3 Å². The Morgan fingerprint density at radius 2 is 2.41 bits per heavy atom. The topological polar surface area (TPSA) is 54.6 Å². The number of hydrogen-bond acceptors (Lipinski definition) is 3. The van der Waals surface area contributed by atoms with Gasteiger partial charge in [-0.1, -0.05) is 0 Å². The van der Waals surface area contributed by atoms with Crippen LogP contribution in [0.3, 0.4) is 0 Å². The summed E-state index contributed by atoms with van der Waals surface area (Å²) in [6.07, 6.45) is 2.00. The van der Waals surface area contributed by atoms with Crippen LogP contribution in [0.2, 0.25) is 0 Å². The number of halogens is 1. The highest BCUT2D eigenvalue weighted by atomic mass is 19.1. The minimum Gasteiger partial charge on any atom is -0.382 e. The van der Waals surface area contributed by atoms with Crippen LogP contribution in [0.1, 0.15) is 5.56 Å². The second kappa shape index (κ2) is 6.46. The Balaban J connectivity index is 1.70. The third kappa shape index (κ3) is 3.13. The summed E-state index contributed by atoms with van der Waals surface area (Å²) in [4.78, 5) is 17.3. The molecule has 118 valence electrons. The van der Waals surface area contributed by atoms with Crippen molar-refractivity contribution in [3.63, 3.8) is 0 Å². The van der Waals surface area contributed by atoms with Gasteiger partial charge in [0.05, 0.1) is 25.7 Å². The maximum atomic E-state index is 13.2. The van der Waals surface area contributed by atoms with Gasteiger partial charge in [-0.15, -0.1) is 0 Å². The molecule has 0 bridgehead atoms. The van der Waals surface area contributed by atoms with Crippen LogP contribution in [0.4, 0.5) is 4.39 Å². The molecule has 1 saturated heterocycles. The molecule has 3 rings (SSSR count). The lowest BCUT2D eigenvalue weighted by molar-refractivity contribution is -0.140. The Morgan fingerprint density at radius 3 is 3.23 bits per heavy atom. The van der Waals surface area contributed by atoms with E-state index in [1.54, 1.807) is 24.3 Å². The number of ether oxygens (including phenoxy) is 2. The molecule has 1 aliphatic rings. The number of aromatic nitrogens is 1. The number of nitrogens with zero attached hydrogens (tertiary/aromatic N) is 1. The fraction of sp³-hybridized carbons (Fsp3) is 0.438. The second-order valence-corrected chi connectivity index (χ2v) is 5.47. The number of carbonyl (C=O) groups is 1. The maximum absolute atomic E-state index is 13.2. The number of nitrogens with one attached hydrogen (secondary N) is 1. The van der Waals surface area contributed by atoms with Gasteiger partial charge >= 0.3 is 0 Å². The van der Waals surface area contributed by atoms with Gasteiger partial charge < -0.3 is 19.4 Å². The first kappa shape index (κ1) is 15.0. The number of methoxy groups -OCH3 is 1. The first-order chi connectivity index (χ1) is 10.7. The van der Waals surface area contributed by atoms with E-state index < -0.39 is 0 Å². The van der Waals surface area contributed by atoms with E-state index in [2.05, 4.69) is 4.98 Å². The predicted molar refractivity (Wildman–Crippen MR) is 80.2 cm³/mol. The van der Waals surface area contributed by atoms with Crippen molar-refractivity contribution < 1.29 is 18.7 Å². The molecule has 2 heterocycles. The van der Waals surface area contributed by atoms with Gasteiger partial charge in [0.15, 0.2) is 0 Å². The predicted octanol–water partition coefficient (Wildman–Crippen LogP) is 1.72. The van der Waals surface area contributed by atoms with E-state index in [1.165, 1.54) is 12.1 Å². The molecule has 1 aromatic heterocycles. The highest BCUT2D eigenvalue weighted by Gasteiger charge is 2.24. The van der Waals surface area contributed by atoms with Gasteiger partial charge in [-0.25, -0.2) is 4.39 Å². The number of aromatic amines is 1. The Labute approximate surface area is 128 Å². The Hall–Kier alpha value is -1.92. The third-order valence-electron chi connectivity index (χ3n) is 3.92. The molecule has 0 spiro atoms. The number of benzene rings is 1. The summed E-state index contributed by atoms with van der Waals surface area (Å²) < 4.78 is 23.8. The molecule has 1 atom stereocenters. The number of hydrogen-bond donors (Lipinski definition) is 1. The van der Waals surface area contributed by atoms with E-state index in [9.17, 15) is 9.18 Å². The molecule has 1 fully saturated rings. The fourth-order valence-electron chi connectivity index (χ4n) is 2.81. The third-order valence-corrected chi connectivity index (χ3v) is 3.92. The van der Waals surface area contributed by atoms with Crippen molar-refractivity contribution >= 4 is 16.8 Å². The van der Waals surface area contributed by atoms with Crippen molar-refractivity contribution in [2.75, 3.05) is 33.4 Å². The zero-order valence-electron chi connectivity index (χ0n) is 12.5. The molecule has 1 aromatic carbocycles. The molecule has 2 aromatic rings. The normalized spacial score (nSPS) is 18.8. The lowest BCUT2D eigenvalue weighted by Gasteiger charge is -2.32. The van der Waals surface area contributed by atoms with Gasteiger partial charge in [0.2, 0.25) is 5.91 Å². The molecule has 1 aliphatic heterocycles. The zero-order chi connectivity index (χ0) is 15.5. The SMILES string of the molecule is COC[C@H]1CN(C(=O)Cc2c[nH]c3cc(F)ccc23)CCO1. The van der Waals surface area contributed by atoms with Gasteiger partial charge in [-0.2, -0.15) is 0 Å². The number of morpholine rings is 1. The van der Waals surface area contributed by atoms with Crippen molar-refractivity contribution in [2.45, 2.75) is 12.5 Å². The molecular formula is C16H19FN2O3. The van der Waals surface area contributed by atoms with E-state index in [0.717, 1.165) is 10.9 Å². The van der Waals surface area contributed by atoms with E-state index in [-0.39, 0.29) is 17.8 Å². The van der Waals surface area contributed by atoms with Crippen LogP contribution in [0.15, 0.2) is 24.4 Å². The maximum Gasteiger partial charge on any atom is 0.227 e. The molecule has 6 heteroatoms. The van der Waals surface area contributed by atoms with Gasteiger partial charge in [-0.3, -0.25) is 4.79 Å². The minimum absolute atomic E-state index is 0.0506. The molecule has 5 nitrogen and oxygen atoms in total. The lowest BCUT2D eigenvalue weighted by atomic mass is 10.1. The molecule has 1 amide bonds. The Kier molecular flexibility index (Phi) is 4.40. The quantitative estimate of drug-likeness (QED) is 0.936. The summed E-state index contributed by atoms with van der Waals surface area (Å²) >= 11 is 0. The molecule has 22 heavy (non-hydrogen) atoms. The van der Waals surface area contributed by atoms with Crippen LogP contribution in [-0.2, 0) is 20.7 Å². The van der Waals surface area contributed by atoms with E-state index in [0.29, 0.717) is 38.2 Å². The van der Waals surface area contributed by atoms with E-state index >= 15 is 0 Å². The highest BCUT2D eigenvalue weighted by Crippen LogP contribution is 2.20. The minimum atomic E-state index is -0.289. The van der Waals surface area contributed by atoms with Crippen LogP contribution in [0.25, 0.3) is 10.9 Å². The number of rotatable bonds is 4. The van der Waals surface area contributed by atoms with Crippen molar-refractivity contribution in [3.8, 4) is 0 Å². The van der Waals surface area contributed by atoms with Gasteiger partial charge in [0.1, 0.15) is 5.82 Å². The van der Waals surface area contributed by atoms with Crippen LogP contribution in [0.5, 0.6) is 0 Å². The number of H-pyrrole nitrogens is 1. The van der Waals surface area contributed by atoms with E-state index in [1.807, 2.05) is 0 Å². The summed E-state index contributed by atoms with van der Waals surface area (Å²) in [6, 6.07) is 4.55. The molecule has 0 saturated carbocycles. The average molecular weight is 306 g/mol. The van der Waals surface area contributed by atoms with Crippen molar-refractivity contribution in [1.29, 1.82) is 0 Å². The number of carbonyl (C=O) groups excluding carboxylic acids is 1. The smallest absolute Gasteiger partial charge is 0.227 e. The van der Waals surface area contributed by atoms with Crippen LogP contribution < -0.4 is 0 Å². The van der Waals surface area contributed by atoms with Gasteiger partial charge in [0, 0.05) is 37.3 Å². The van der Waals surface area contributed by atoms with E-state index in [4.69, 9.17) is 9.47 Å². The highest BCUT2D eigenvalue weighted by molar-refractivity contribution is 5.89. The molecule has 1 N–H and O–H groups in total. The summed E-state index contributed by atoms with van der Waals surface area (Å²) in [5.74, 6) is -0.238. The first-order valence-electron chi connectivity index (χ1n) is 7.31. The fourth-order valence-corrected chi connectivity index (χ4v) is 2.81. The summed E-state index contributed by atoms with van der Waals surface area (Å²) in [6.45, 7) is 2.15. The summed E-state index contributed by atoms with van der Waals surface area (Å²) in [5, 5.41) is 0.886. The second-order valence-electron chi connectivity index (χ2n) is 5.47. The monoisotopic (exact) mass is 306 g/mol. The largest absolute Gasteiger partial charge is 0.382 e. The Morgan fingerprint density at radius 1 is 1.55 bits per heavy atom. The van der Waals surface area contributed by atoms with Crippen molar-refractivity contribution in [1.82, 2.24) is 9.88 Å². The number of fused-ring (bicyclic) bond motifs is 1. The molecular weight excluding hydrogens is 287 g/mol. The van der Waals surface area contributed by atoms with Crippen LogP contribution in [0, 0.1) is 5.82 Å². The van der Waals surface area contributed by atoms with Crippen molar-refractivity contribution in [3.05, 3.63) is 35.8 Å².